The van der Waals surface area contributed by atoms with Crippen molar-refractivity contribution in [3.8, 4) is 0 Å². The van der Waals surface area contributed by atoms with Gasteiger partial charge in [-0.25, -0.2) is 0 Å². The third kappa shape index (κ3) is 6.41. The Morgan fingerprint density at radius 3 is 2.06 bits per heavy atom. The van der Waals surface area contributed by atoms with E-state index < -0.39 is 0 Å². The van der Waals surface area contributed by atoms with Crippen LogP contribution in [0.25, 0.3) is 0 Å². The molecule has 3 atom stereocenters. The molecule has 0 saturated carbocycles. The predicted molar refractivity (Wildman–Crippen MR) is 130 cm³/mol. The zero-order chi connectivity index (χ0) is 22.9. The maximum atomic E-state index is 12.4. The monoisotopic (exact) mass is 441 g/mol. The Hall–Kier alpha value is -3.21. The Morgan fingerprint density at radius 1 is 0.848 bits per heavy atom. The van der Waals surface area contributed by atoms with Crippen LogP contribution in [0.15, 0.2) is 103 Å². The predicted octanol–water partition coefficient (Wildman–Crippen LogP) is 5.71. The van der Waals surface area contributed by atoms with Gasteiger partial charge in [0.15, 0.2) is 5.78 Å². The van der Waals surface area contributed by atoms with Crippen molar-refractivity contribution in [3.63, 3.8) is 0 Å². The number of ketones is 1. The van der Waals surface area contributed by atoms with Crippen LogP contribution in [-0.4, -0.2) is 29.4 Å². The fourth-order valence-corrected chi connectivity index (χ4v) is 4.22. The van der Waals surface area contributed by atoms with Crippen LogP contribution in [0.1, 0.15) is 36.1 Å². The second kappa shape index (κ2) is 11.6. The molecule has 0 aromatic heterocycles. The topological polar surface area (TPSA) is 38.8 Å². The molecule has 0 spiro atoms. The first-order chi connectivity index (χ1) is 16.2. The summed E-state index contributed by atoms with van der Waals surface area (Å²) in [5, 5.41) is 0. The van der Waals surface area contributed by atoms with Crippen LogP contribution in [0, 0.1) is 0 Å². The second-order valence-electron chi connectivity index (χ2n) is 8.42. The maximum Gasteiger partial charge on any atom is 0.159 e. The van der Waals surface area contributed by atoms with Gasteiger partial charge in [0, 0.05) is 12.6 Å². The van der Waals surface area contributed by atoms with Gasteiger partial charge in [0.05, 0.1) is 31.9 Å². The SMILES string of the molecule is C[C@H](c1ccccc1)N1C=CC(=O)C[C@H]1[C@H](COCc1ccccc1)OCc1ccccc1. The summed E-state index contributed by atoms with van der Waals surface area (Å²) in [6.45, 7) is 3.56. The summed E-state index contributed by atoms with van der Waals surface area (Å²) in [5.74, 6) is 0.118. The molecule has 33 heavy (non-hydrogen) atoms. The number of benzene rings is 3. The van der Waals surface area contributed by atoms with Crippen LogP contribution < -0.4 is 0 Å². The van der Waals surface area contributed by atoms with Gasteiger partial charge in [-0.1, -0.05) is 91.0 Å². The molecule has 170 valence electrons. The summed E-state index contributed by atoms with van der Waals surface area (Å²) in [5.41, 5.74) is 3.42. The normalized spacial score (nSPS) is 17.7. The van der Waals surface area contributed by atoms with E-state index in [0.29, 0.717) is 26.2 Å². The fourth-order valence-electron chi connectivity index (χ4n) is 4.22. The first-order valence-corrected chi connectivity index (χ1v) is 11.5. The van der Waals surface area contributed by atoms with Crippen molar-refractivity contribution in [2.24, 2.45) is 0 Å². The van der Waals surface area contributed by atoms with Crippen LogP contribution in [0.5, 0.6) is 0 Å². The van der Waals surface area contributed by atoms with E-state index in [1.54, 1.807) is 6.08 Å². The number of hydrogen-bond donors (Lipinski definition) is 0. The number of rotatable bonds is 10. The number of carbonyl (C=O) groups is 1. The molecule has 0 radical (unpaired) electrons. The average molecular weight is 442 g/mol. The van der Waals surface area contributed by atoms with Gasteiger partial charge in [0.1, 0.15) is 6.10 Å². The van der Waals surface area contributed by atoms with Gasteiger partial charge in [-0.3, -0.25) is 4.79 Å². The van der Waals surface area contributed by atoms with Crippen molar-refractivity contribution in [2.75, 3.05) is 6.61 Å². The van der Waals surface area contributed by atoms with Gasteiger partial charge in [-0.2, -0.15) is 0 Å². The first kappa shape index (κ1) is 23.0. The van der Waals surface area contributed by atoms with E-state index in [9.17, 15) is 4.79 Å². The smallest absolute Gasteiger partial charge is 0.159 e. The quantitative estimate of drug-likeness (QED) is 0.404. The summed E-state index contributed by atoms with van der Waals surface area (Å²) < 4.78 is 12.5. The fraction of sp³-hybridized carbons (Fsp3) is 0.276. The van der Waals surface area contributed by atoms with Crippen LogP contribution in [-0.2, 0) is 27.5 Å². The van der Waals surface area contributed by atoms with Crippen molar-refractivity contribution in [1.82, 2.24) is 4.90 Å². The largest absolute Gasteiger partial charge is 0.374 e. The molecular weight excluding hydrogens is 410 g/mol. The third-order valence-corrected chi connectivity index (χ3v) is 6.08. The number of hydrogen-bond acceptors (Lipinski definition) is 4. The van der Waals surface area contributed by atoms with E-state index in [1.807, 2.05) is 60.8 Å². The maximum absolute atomic E-state index is 12.4. The Morgan fingerprint density at radius 2 is 1.42 bits per heavy atom. The van der Waals surface area contributed by atoms with Crippen LogP contribution >= 0.6 is 0 Å². The van der Waals surface area contributed by atoms with E-state index in [4.69, 9.17) is 9.47 Å². The molecule has 4 nitrogen and oxygen atoms in total. The van der Waals surface area contributed by atoms with Gasteiger partial charge in [-0.05, 0) is 29.7 Å². The van der Waals surface area contributed by atoms with Gasteiger partial charge in [0.25, 0.3) is 0 Å². The number of nitrogens with zero attached hydrogens (tertiary/aromatic N) is 1. The standard InChI is InChI=1S/C29H31NO3/c1-23(26-15-9-4-10-16-26)30-18-17-27(31)19-28(30)29(33-21-25-13-7-3-8-14-25)22-32-20-24-11-5-2-6-12-24/h2-18,23,28-29H,19-22H2,1H3/t23-,28+,29+/m1/s1. The molecule has 0 fully saturated rings. The number of carbonyl (C=O) groups excluding carboxylic acids is 1. The van der Waals surface area contributed by atoms with Crippen molar-refractivity contribution in [3.05, 3.63) is 120 Å². The molecule has 4 heteroatoms. The van der Waals surface area contributed by atoms with Crippen molar-refractivity contribution < 1.29 is 14.3 Å². The highest BCUT2D eigenvalue weighted by Gasteiger charge is 2.34. The molecule has 0 aliphatic carbocycles. The molecule has 4 rings (SSSR count). The lowest BCUT2D eigenvalue weighted by Gasteiger charge is -2.41. The highest BCUT2D eigenvalue weighted by molar-refractivity contribution is 5.90. The lowest BCUT2D eigenvalue weighted by molar-refractivity contribution is -0.121. The summed E-state index contributed by atoms with van der Waals surface area (Å²) in [4.78, 5) is 14.7. The van der Waals surface area contributed by atoms with E-state index in [-0.39, 0.29) is 24.0 Å². The minimum Gasteiger partial charge on any atom is -0.374 e. The Kier molecular flexibility index (Phi) is 8.07. The van der Waals surface area contributed by atoms with Gasteiger partial charge >= 0.3 is 0 Å². The third-order valence-electron chi connectivity index (χ3n) is 6.08. The minimum atomic E-state index is -0.256. The van der Waals surface area contributed by atoms with E-state index in [0.717, 1.165) is 11.1 Å². The zero-order valence-electron chi connectivity index (χ0n) is 19.0. The zero-order valence-corrected chi connectivity index (χ0v) is 19.0. The molecule has 0 amide bonds. The average Bonchev–Trinajstić information content (AvgIpc) is 2.87. The molecule has 1 aliphatic heterocycles. The van der Waals surface area contributed by atoms with Crippen LogP contribution in [0.4, 0.5) is 0 Å². The number of ether oxygens (including phenoxy) is 2. The lowest BCUT2D eigenvalue weighted by Crippen LogP contribution is -2.48. The van der Waals surface area contributed by atoms with Gasteiger partial charge in [-0.15, -0.1) is 0 Å². The van der Waals surface area contributed by atoms with E-state index in [2.05, 4.69) is 48.2 Å². The summed E-state index contributed by atoms with van der Waals surface area (Å²) >= 11 is 0. The molecule has 1 heterocycles. The molecule has 3 aromatic carbocycles. The summed E-state index contributed by atoms with van der Waals surface area (Å²) in [7, 11) is 0. The highest BCUT2D eigenvalue weighted by Crippen LogP contribution is 2.30. The Bertz CT molecular complexity index is 1020. The molecule has 1 aliphatic rings. The Balaban J connectivity index is 1.52. The minimum absolute atomic E-state index is 0.109. The molecule has 0 N–H and O–H groups in total. The molecule has 0 unspecified atom stereocenters. The van der Waals surface area contributed by atoms with Gasteiger partial charge in [0.2, 0.25) is 0 Å². The van der Waals surface area contributed by atoms with Crippen molar-refractivity contribution in [1.29, 1.82) is 0 Å². The van der Waals surface area contributed by atoms with Crippen molar-refractivity contribution in [2.45, 2.75) is 44.7 Å². The van der Waals surface area contributed by atoms with Gasteiger partial charge < -0.3 is 14.4 Å². The van der Waals surface area contributed by atoms with E-state index in [1.165, 1.54) is 5.56 Å². The van der Waals surface area contributed by atoms with E-state index >= 15 is 0 Å². The molecule has 0 saturated heterocycles. The molecule has 0 bridgehead atoms. The number of allylic oxidation sites excluding steroid dienone is 1. The van der Waals surface area contributed by atoms with Crippen LogP contribution in [0.3, 0.4) is 0 Å². The molecule has 3 aromatic rings. The van der Waals surface area contributed by atoms with Crippen LogP contribution in [0.2, 0.25) is 0 Å². The summed E-state index contributed by atoms with van der Waals surface area (Å²) in [6.07, 6.45) is 3.75. The van der Waals surface area contributed by atoms with Crippen molar-refractivity contribution >= 4 is 5.78 Å². The highest BCUT2D eigenvalue weighted by atomic mass is 16.5. The Labute approximate surface area is 196 Å². The lowest BCUT2D eigenvalue weighted by atomic mass is 9.96. The summed E-state index contributed by atoms with van der Waals surface area (Å²) in [6, 6.07) is 30.6. The molecular formula is C29H31NO3. The first-order valence-electron chi connectivity index (χ1n) is 11.5. The second-order valence-corrected chi connectivity index (χ2v) is 8.42.